The standard InChI is InChI=1S/C10H16O3/c1-6(11)9-5-7-3-2-4-8(12)10(7)13-9/h2,4,6-12H,3,5H2,1H3. The predicted molar refractivity (Wildman–Crippen MR) is 48.2 cm³/mol. The van der Waals surface area contributed by atoms with E-state index in [9.17, 15) is 10.2 Å². The summed E-state index contributed by atoms with van der Waals surface area (Å²) >= 11 is 0. The average Bonchev–Trinajstić information content (AvgIpc) is 2.49. The van der Waals surface area contributed by atoms with E-state index >= 15 is 0 Å². The molecule has 1 fully saturated rings. The fraction of sp³-hybridized carbons (Fsp3) is 0.800. The Morgan fingerprint density at radius 3 is 2.92 bits per heavy atom. The normalized spacial score (nSPS) is 46.1. The predicted octanol–water partition coefficient (Wildman–Crippen LogP) is 0.462. The van der Waals surface area contributed by atoms with Crippen LogP contribution in [0.2, 0.25) is 0 Å². The van der Waals surface area contributed by atoms with Gasteiger partial charge in [-0.25, -0.2) is 0 Å². The van der Waals surface area contributed by atoms with Crippen LogP contribution in [0.3, 0.4) is 0 Å². The molecule has 1 heterocycles. The first-order chi connectivity index (χ1) is 6.18. The van der Waals surface area contributed by atoms with E-state index in [2.05, 4.69) is 0 Å². The number of aliphatic hydroxyl groups excluding tert-OH is 2. The lowest BCUT2D eigenvalue weighted by molar-refractivity contribution is -0.0668. The van der Waals surface area contributed by atoms with Crippen LogP contribution in [0.25, 0.3) is 0 Å². The Morgan fingerprint density at radius 1 is 1.54 bits per heavy atom. The molecule has 0 aromatic heterocycles. The van der Waals surface area contributed by atoms with Crippen LogP contribution in [0.4, 0.5) is 0 Å². The molecule has 0 bridgehead atoms. The molecule has 0 amide bonds. The maximum Gasteiger partial charge on any atom is 0.0985 e. The third kappa shape index (κ3) is 1.64. The average molecular weight is 184 g/mol. The minimum absolute atomic E-state index is 0.0930. The van der Waals surface area contributed by atoms with E-state index in [4.69, 9.17) is 4.74 Å². The van der Waals surface area contributed by atoms with Crippen molar-refractivity contribution in [2.45, 2.75) is 44.2 Å². The van der Waals surface area contributed by atoms with E-state index < -0.39 is 12.2 Å². The van der Waals surface area contributed by atoms with E-state index in [1.54, 1.807) is 13.0 Å². The summed E-state index contributed by atoms with van der Waals surface area (Å²) in [6.45, 7) is 1.74. The summed E-state index contributed by atoms with van der Waals surface area (Å²) in [5.41, 5.74) is 0. The minimum atomic E-state index is -0.484. The van der Waals surface area contributed by atoms with Gasteiger partial charge in [-0.3, -0.25) is 0 Å². The molecule has 5 atom stereocenters. The molecule has 1 aliphatic heterocycles. The summed E-state index contributed by atoms with van der Waals surface area (Å²) in [6.07, 6.45) is 4.51. The highest BCUT2D eigenvalue weighted by atomic mass is 16.5. The fourth-order valence-electron chi connectivity index (χ4n) is 2.20. The van der Waals surface area contributed by atoms with Crippen molar-refractivity contribution in [3.63, 3.8) is 0 Å². The van der Waals surface area contributed by atoms with E-state index in [1.165, 1.54) is 0 Å². The zero-order valence-electron chi connectivity index (χ0n) is 7.76. The van der Waals surface area contributed by atoms with Crippen molar-refractivity contribution in [1.82, 2.24) is 0 Å². The molecule has 0 spiro atoms. The zero-order valence-corrected chi connectivity index (χ0v) is 7.76. The highest BCUT2D eigenvalue weighted by Crippen LogP contribution is 2.35. The van der Waals surface area contributed by atoms with Crippen LogP contribution < -0.4 is 0 Å². The van der Waals surface area contributed by atoms with Crippen LogP contribution in [0.1, 0.15) is 19.8 Å². The van der Waals surface area contributed by atoms with Gasteiger partial charge in [-0.05, 0) is 25.7 Å². The van der Waals surface area contributed by atoms with E-state index in [0.717, 1.165) is 12.8 Å². The van der Waals surface area contributed by atoms with Gasteiger partial charge in [0, 0.05) is 0 Å². The second-order valence-electron chi connectivity index (χ2n) is 4.03. The Morgan fingerprint density at radius 2 is 2.31 bits per heavy atom. The number of hydrogen-bond donors (Lipinski definition) is 2. The molecule has 2 N–H and O–H groups in total. The highest BCUT2D eigenvalue weighted by molar-refractivity contribution is 5.05. The molecule has 74 valence electrons. The lowest BCUT2D eigenvalue weighted by Crippen LogP contribution is -2.33. The summed E-state index contributed by atoms with van der Waals surface area (Å²) in [5, 5.41) is 18.9. The molecular formula is C10H16O3. The molecule has 13 heavy (non-hydrogen) atoms. The second kappa shape index (κ2) is 3.40. The van der Waals surface area contributed by atoms with E-state index in [1.807, 2.05) is 6.08 Å². The molecule has 3 nitrogen and oxygen atoms in total. The number of hydrogen-bond acceptors (Lipinski definition) is 3. The monoisotopic (exact) mass is 184 g/mol. The quantitative estimate of drug-likeness (QED) is 0.582. The summed E-state index contributed by atoms with van der Waals surface area (Å²) < 4.78 is 5.59. The van der Waals surface area contributed by atoms with Crippen molar-refractivity contribution < 1.29 is 14.9 Å². The molecule has 3 heteroatoms. The van der Waals surface area contributed by atoms with Crippen molar-refractivity contribution in [3.8, 4) is 0 Å². The minimum Gasteiger partial charge on any atom is -0.391 e. The molecule has 1 saturated heterocycles. The van der Waals surface area contributed by atoms with Crippen molar-refractivity contribution >= 4 is 0 Å². The van der Waals surface area contributed by atoms with Gasteiger partial charge in [-0.1, -0.05) is 12.2 Å². The SMILES string of the molecule is CC(O)C1CC2CC=CC(O)C2O1. The number of fused-ring (bicyclic) bond motifs is 1. The van der Waals surface area contributed by atoms with E-state index in [-0.39, 0.29) is 12.2 Å². The topological polar surface area (TPSA) is 49.7 Å². The Hall–Kier alpha value is -0.380. The zero-order chi connectivity index (χ0) is 9.42. The van der Waals surface area contributed by atoms with Crippen LogP contribution in [-0.2, 0) is 4.74 Å². The Labute approximate surface area is 78.0 Å². The fourth-order valence-corrected chi connectivity index (χ4v) is 2.20. The molecule has 0 aromatic rings. The van der Waals surface area contributed by atoms with E-state index in [0.29, 0.717) is 5.92 Å². The summed E-state index contributed by atoms with van der Waals surface area (Å²) in [4.78, 5) is 0. The number of rotatable bonds is 1. The maximum absolute atomic E-state index is 9.59. The lowest BCUT2D eigenvalue weighted by atomic mass is 9.88. The van der Waals surface area contributed by atoms with Crippen molar-refractivity contribution in [2.75, 3.05) is 0 Å². The van der Waals surface area contributed by atoms with Gasteiger partial charge in [-0.2, -0.15) is 0 Å². The second-order valence-corrected chi connectivity index (χ2v) is 4.03. The maximum atomic E-state index is 9.59. The van der Waals surface area contributed by atoms with Crippen molar-refractivity contribution in [2.24, 2.45) is 5.92 Å². The number of allylic oxidation sites excluding steroid dienone is 1. The smallest absolute Gasteiger partial charge is 0.0985 e. The van der Waals surface area contributed by atoms with Gasteiger partial charge in [0.2, 0.25) is 0 Å². The third-order valence-corrected chi connectivity index (χ3v) is 2.98. The summed E-state index contributed by atoms with van der Waals surface area (Å²) in [7, 11) is 0. The Bertz CT molecular complexity index is 212. The first-order valence-electron chi connectivity index (χ1n) is 4.86. The summed E-state index contributed by atoms with van der Waals surface area (Å²) in [5.74, 6) is 0.389. The van der Waals surface area contributed by atoms with Gasteiger partial charge < -0.3 is 14.9 Å². The molecule has 2 rings (SSSR count). The largest absolute Gasteiger partial charge is 0.391 e. The van der Waals surface area contributed by atoms with Crippen molar-refractivity contribution in [1.29, 1.82) is 0 Å². The molecule has 2 aliphatic rings. The Kier molecular flexibility index (Phi) is 2.41. The van der Waals surface area contributed by atoms with Crippen LogP contribution >= 0.6 is 0 Å². The van der Waals surface area contributed by atoms with Gasteiger partial charge in [0.25, 0.3) is 0 Å². The van der Waals surface area contributed by atoms with Gasteiger partial charge in [0.05, 0.1) is 24.4 Å². The van der Waals surface area contributed by atoms with Crippen LogP contribution in [0.5, 0.6) is 0 Å². The molecule has 1 aliphatic carbocycles. The number of aliphatic hydroxyl groups is 2. The molecule has 0 radical (unpaired) electrons. The van der Waals surface area contributed by atoms with Gasteiger partial charge >= 0.3 is 0 Å². The molecule has 0 aromatic carbocycles. The first kappa shape index (κ1) is 9.19. The van der Waals surface area contributed by atoms with Crippen molar-refractivity contribution in [3.05, 3.63) is 12.2 Å². The number of ether oxygens (including phenoxy) is 1. The van der Waals surface area contributed by atoms with Crippen LogP contribution in [0.15, 0.2) is 12.2 Å². The third-order valence-electron chi connectivity index (χ3n) is 2.98. The summed E-state index contributed by atoms with van der Waals surface area (Å²) in [6, 6.07) is 0. The van der Waals surface area contributed by atoms with Gasteiger partial charge in [0.1, 0.15) is 0 Å². The molecule has 0 saturated carbocycles. The highest BCUT2D eigenvalue weighted by Gasteiger charge is 2.41. The molecular weight excluding hydrogens is 168 g/mol. The lowest BCUT2D eigenvalue weighted by Gasteiger charge is -2.24. The van der Waals surface area contributed by atoms with Gasteiger partial charge in [-0.15, -0.1) is 0 Å². The Balaban J connectivity index is 2.04. The first-order valence-corrected chi connectivity index (χ1v) is 4.86. The van der Waals surface area contributed by atoms with Crippen LogP contribution in [0, 0.1) is 5.92 Å². The molecule has 5 unspecified atom stereocenters. The van der Waals surface area contributed by atoms with Gasteiger partial charge in [0.15, 0.2) is 0 Å². The van der Waals surface area contributed by atoms with Crippen LogP contribution in [-0.4, -0.2) is 34.6 Å².